The Labute approximate surface area is 121 Å². The van der Waals surface area contributed by atoms with Gasteiger partial charge < -0.3 is 10.0 Å². The minimum atomic E-state index is -0.756. The molecule has 0 aromatic heterocycles. The molecule has 1 saturated heterocycles. The lowest BCUT2D eigenvalue weighted by molar-refractivity contribution is -0.157. The summed E-state index contributed by atoms with van der Waals surface area (Å²) >= 11 is 0. The summed E-state index contributed by atoms with van der Waals surface area (Å²) in [4.78, 5) is 25.8. The summed E-state index contributed by atoms with van der Waals surface area (Å²) in [5, 5.41) is 9.44. The van der Waals surface area contributed by atoms with E-state index in [1.165, 1.54) is 19.3 Å². The van der Waals surface area contributed by atoms with E-state index in [1.54, 1.807) is 0 Å². The minimum absolute atomic E-state index is 0.0557. The van der Waals surface area contributed by atoms with Gasteiger partial charge in [-0.15, -0.1) is 0 Å². The van der Waals surface area contributed by atoms with E-state index < -0.39 is 11.9 Å². The first-order valence-corrected chi connectivity index (χ1v) is 8.06. The van der Waals surface area contributed by atoms with Gasteiger partial charge >= 0.3 is 5.97 Å². The number of carboxylic acid groups (broad SMARTS) is 1. The maximum Gasteiger partial charge on any atom is 0.308 e. The van der Waals surface area contributed by atoms with E-state index in [0.29, 0.717) is 6.42 Å². The number of amides is 1. The van der Waals surface area contributed by atoms with Crippen molar-refractivity contribution >= 4 is 11.9 Å². The molecule has 4 nitrogen and oxygen atoms in total. The fraction of sp³-hybridized carbons (Fsp3) is 0.875. The van der Waals surface area contributed by atoms with E-state index >= 15 is 0 Å². The zero-order valence-electron chi connectivity index (χ0n) is 12.7. The van der Waals surface area contributed by atoms with E-state index in [1.807, 2.05) is 18.7 Å². The second kappa shape index (κ2) is 6.59. The van der Waals surface area contributed by atoms with Gasteiger partial charge in [-0.1, -0.05) is 39.0 Å². The molecule has 2 aliphatic rings. The number of likely N-dealkylation sites (tertiary alicyclic amines) is 1. The van der Waals surface area contributed by atoms with Crippen LogP contribution in [0.4, 0.5) is 0 Å². The number of piperidine rings is 1. The van der Waals surface area contributed by atoms with Crippen molar-refractivity contribution in [2.45, 2.75) is 77.3 Å². The van der Waals surface area contributed by atoms with Crippen molar-refractivity contribution in [1.29, 1.82) is 0 Å². The fourth-order valence-corrected chi connectivity index (χ4v) is 4.08. The van der Waals surface area contributed by atoms with E-state index in [9.17, 15) is 14.7 Å². The average molecular weight is 281 g/mol. The molecule has 0 spiro atoms. The van der Waals surface area contributed by atoms with Gasteiger partial charge in [0, 0.05) is 18.5 Å². The van der Waals surface area contributed by atoms with Crippen LogP contribution in [0, 0.1) is 11.8 Å². The van der Waals surface area contributed by atoms with Gasteiger partial charge in [-0.3, -0.25) is 9.59 Å². The predicted octanol–water partition coefficient (Wildman–Crippen LogP) is 3.06. The Balaban J connectivity index is 2.14. The zero-order valence-corrected chi connectivity index (χ0v) is 12.7. The zero-order chi connectivity index (χ0) is 14.7. The average Bonchev–Trinajstić information content (AvgIpc) is 2.30. The number of hydrogen-bond donors (Lipinski definition) is 1. The number of carbonyl (C=O) groups is 2. The molecule has 2 fully saturated rings. The molecule has 1 saturated carbocycles. The van der Waals surface area contributed by atoms with Crippen LogP contribution in [0.25, 0.3) is 0 Å². The Morgan fingerprint density at radius 2 is 1.65 bits per heavy atom. The van der Waals surface area contributed by atoms with Gasteiger partial charge in [0.15, 0.2) is 0 Å². The lowest BCUT2D eigenvalue weighted by Gasteiger charge is -2.45. The number of aliphatic carboxylic acids is 1. The molecular weight excluding hydrogens is 254 g/mol. The Kier molecular flexibility index (Phi) is 5.06. The molecule has 1 heterocycles. The van der Waals surface area contributed by atoms with Crippen LogP contribution < -0.4 is 0 Å². The predicted molar refractivity (Wildman–Crippen MR) is 77.3 cm³/mol. The highest BCUT2D eigenvalue weighted by molar-refractivity contribution is 5.82. The summed E-state index contributed by atoms with van der Waals surface area (Å²) in [5.74, 6) is -1.07. The third-order valence-corrected chi connectivity index (χ3v) is 5.11. The van der Waals surface area contributed by atoms with Crippen molar-refractivity contribution in [2.24, 2.45) is 11.8 Å². The van der Waals surface area contributed by atoms with Crippen LogP contribution >= 0.6 is 0 Å². The first-order valence-electron chi connectivity index (χ1n) is 8.06. The standard InChI is InChI=1S/C16H27NO3/c1-11-10-14(18)17(12(2)15(11)16(19)20)13-8-6-4-3-5-7-9-13/h11-13,15H,3-10H2,1-2H3,(H,19,20). The van der Waals surface area contributed by atoms with Crippen molar-refractivity contribution in [3.05, 3.63) is 0 Å². The van der Waals surface area contributed by atoms with E-state index in [0.717, 1.165) is 25.7 Å². The van der Waals surface area contributed by atoms with Crippen LogP contribution in [0.15, 0.2) is 0 Å². The quantitative estimate of drug-likeness (QED) is 0.846. The van der Waals surface area contributed by atoms with E-state index in [4.69, 9.17) is 0 Å². The second-order valence-corrected chi connectivity index (χ2v) is 6.59. The highest BCUT2D eigenvalue weighted by Gasteiger charge is 2.43. The van der Waals surface area contributed by atoms with Gasteiger partial charge in [0.1, 0.15) is 0 Å². The Morgan fingerprint density at radius 1 is 1.10 bits per heavy atom. The molecule has 1 amide bonds. The topological polar surface area (TPSA) is 57.6 Å². The van der Waals surface area contributed by atoms with Gasteiger partial charge in [-0.2, -0.15) is 0 Å². The molecule has 3 atom stereocenters. The van der Waals surface area contributed by atoms with Crippen molar-refractivity contribution in [3.63, 3.8) is 0 Å². The lowest BCUT2D eigenvalue weighted by Crippen LogP contribution is -2.56. The van der Waals surface area contributed by atoms with Crippen LogP contribution in [-0.4, -0.2) is 34.0 Å². The van der Waals surface area contributed by atoms with Crippen LogP contribution in [0.2, 0.25) is 0 Å². The summed E-state index contributed by atoms with van der Waals surface area (Å²) in [7, 11) is 0. The van der Waals surface area contributed by atoms with Crippen molar-refractivity contribution in [2.75, 3.05) is 0 Å². The Bertz CT molecular complexity index is 361. The van der Waals surface area contributed by atoms with Crippen molar-refractivity contribution < 1.29 is 14.7 Å². The third-order valence-electron chi connectivity index (χ3n) is 5.11. The second-order valence-electron chi connectivity index (χ2n) is 6.59. The first-order chi connectivity index (χ1) is 9.52. The van der Waals surface area contributed by atoms with Crippen molar-refractivity contribution in [1.82, 2.24) is 4.90 Å². The Morgan fingerprint density at radius 3 is 2.20 bits per heavy atom. The molecule has 20 heavy (non-hydrogen) atoms. The molecule has 0 aromatic rings. The minimum Gasteiger partial charge on any atom is -0.481 e. The Hall–Kier alpha value is -1.06. The number of rotatable bonds is 2. The third kappa shape index (κ3) is 3.15. The highest BCUT2D eigenvalue weighted by Crippen LogP contribution is 2.34. The largest absolute Gasteiger partial charge is 0.481 e. The van der Waals surface area contributed by atoms with Crippen LogP contribution in [0.1, 0.15) is 65.2 Å². The molecule has 114 valence electrons. The molecule has 4 heteroatoms. The maximum absolute atomic E-state index is 12.4. The normalized spacial score (nSPS) is 33.6. The molecule has 1 aliphatic carbocycles. The van der Waals surface area contributed by atoms with Gasteiger partial charge in [0.25, 0.3) is 0 Å². The molecule has 0 bridgehead atoms. The van der Waals surface area contributed by atoms with Gasteiger partial charge in [0.2, 0.25) is 5.91 Å². The summed E-state index contributed by atoms with van der Waals surface area (Å²) in [6.07, 6.45) is 8.57. The number of nitrogens with zero attached hydrogens (tertiary/aromatic N) is 1. The van der Waals surface area contributed by atoms with Gasteiger partial charge in [-0.25, -0.2) is 0 Å². The van der Waals surface area contributed by atoms with Gasteiger partial charge in [-0.05, 0) is 25.7 Å². The summed E-state index contributed by atoms with van der Waals surface area (Å²) in [6.45, 7) is 3.81. The molecular formula is C16H27NO3. The van der Waals surface area contributed by atoms with Crippen LogP contribution in [-0.2, 0) is 9.59 Å². The van der Waals surface area contributed by atoms with Gasteiger partial charge in [0.05, 0.1) is 5.92 Å². The molecule has 0 radical (unpaired) electrons. The van der Waals surface area contributed by atoms with Crippen LogP contribution in [0.5, 0.6) is 0 Å². The van der Waals surface area contributed by atoms with Crippen LogP contribution in [0.3, 0.4) is 0 Å². The molecule has 2 rings (SSSR count). The number of hydrogen-bond acceptors (Lipinski definition) is 2. The molecule has 1 N–H and O–H groups in total. The lowest BCUT2D eigenvalue weighted by atomic mass is 9.79. The summed E-state index contributed by atoms with van der Waals surface area (Å²) in [5.41, 5.74) is 0. The SMILES string of the molecule is CC1CC(=O)N(C2CCCCCCC2)C(C)C1C(=O)O. The van der Waals surface area contributed by atoms with E-state index in [2.05, 4.69) is 0 Å². The molecule has 1 aliphatic heterocycles. The first kappa shape index (κ1) is 15.3. The van der Waals surface area contributed by atoms with Crippen molar-refractivity contribution in [3.8, 4) is 0 Å². The maximum atomic E-state index is 12.4. The van der Waals surface area contributed by atoms with E-state index in [-0.39, 0.29) is 23.9 Å². The summed E-state index contributed by atoms with van der Waals surface area (Å²) < 4.78 is 0. The molecule has 3 unspecified atom stereocenters. The molecule has 0 aromatic carbocycles. The fourth-order valence-electron chi connectivity index (χ4n) is 4.08. The number of carboxylic acids is 1. The summed E-state index contributed by atoms with van der Waals surface area (Å²) in [6, 6.07) is 0.0836. The smallest absolute Gasteiger partial charge is 0.308 e. The highest BCUT2D eigenvalue weighted by atomic mass is 16.4. The monoisotopic (exact) mass is 281 g/mol. The number of carbonyl (C=O) groups excluding carboxylic acids is 1.